The summed E-state index contributed by atoms with van der Waals surface area (Å²) in [6.45, 7) is 1.90. The van der Waals surface area contributed by atoms with E-state index in [1.165, 1.54) is 11.8 Å². The third-order valence-corrected chi connectivity index (χ3v) is 4.23. The molecule has 4 nitrogen and oxygen atoms in total. The highest BCUT2D eigenvalue weighted by Crippen LogP contribution is 2.30. The first-order valence-corrected chi connectivity index (χ1v) is 6.91. The maximum Gasteiger partial charge on any atom is 0.235 e. The van der Waals surface area contributed by atoms with Gasteiger partial charge in [-0.1, -0.05) is 11.8 Å². The molecule has 0 fully saturated rings. The molecule has 2 heterocycles. The molecular formula is C11H13N3OS2. The Morgan fingerprint density at radius 2 is 2.24 bits per heavy atom. The minimum absolute atomic E-state index is 0.0944. The first-order valence-electron chi connectivity index (χ1n) is 5.15. The molecule has 0 spiro atoms. The lowest BCUT2D eigenvalue weighted by Gasteiger charge is -2.15. The van der Waals surface area contributed by atoms with Crippen LogP contribution in [0.1, 0.15) is 6.92 Å². The van der Waals surface area contributed by atoms with E-state index in [1.54, 1.807) is 36.7 Å². The Balaban J connectivity index is 2.24. The molecule has 0 radical (unpaired) electrons. The number of nitrogens with zero attached hydrogens (tertiary/aromatic N) is 3. The number of hydrogen-bond acceptors (Lipinski definition) is 5. The van der Waals surface area contributed by atoms with Crippen LogP contribution in [0.25, 0.3) is 10.2 Å². The number of carbonyl (C=O) groups excluding carboxylic acids is 1. The fourth-order valence-electron chi connectivity index (χ4n) is 1.44. The van der Waals surface area contributed by atoms with Crippen LogP contribution in [-0.2, 0) is 4.79 Å². The summed E-state index contributed by atoms with van der Waals surface area (Å²) in [7, 11) is 3.53. The zero-order chi connectivity index (χ0) is 12.4. The second-order valence-corrected chi connectivity index (χ2v) is 6.04. The van der Waals surface area contributed by atoms with Crippen molar-refractivity contribution in [1.82, 2.24) is 14.9 Å². The summed E-state index contributed by atoms with van der Waals surface area (Å²) in [4.78, 5) is 22.8. The summed E-state index contributed by atoms with van der Waals surface area (Å²) >= 11 is 3.06. The molecular weight excluding hydrogens is 254 g/mol. The number of amides is 1. The van der Waals surface area contributed by atoms with Crippen molar-refractivity contribution in [3.05, 3.63) is 17.8 Å². The van der Waals surface area contributed by atoms with Gasteiger partial charge in [-0.3, -0.25) is 4.79 Å². The van der Waals surface area contributed by atoms with Crippen LogP contribution < -0.4 is 0 Å². The van der Waals surface area contributed by atoms with E-state index in [0.29, 0.717) is 0 Å². The molecule has 0 aliphatic carbocycles. The lowest BCUT2D eigenvalue weighted by atomic mass is 10.4. The highest BCUT2D eigenvalue weighted by atomic mass is 32.2. The minimum Gasteiger partial charge on any atom is -0.348 e. The van der Waals surface area contributed by atoms with Crippen molar-refractivity contribution in [2.45, 2.75) is 17.2 Å². The van der Waals surface area contributed by atoms with Gasteiger partial charge in [-0.2, -0.15) is 0 Å². The number of hydrogen-bond donors (Lipinski definition) is 0. The molecule has 0 aliphatic heterocycles. The molecule has 0 saturated carbocycles. The Labute approximate surface area is 108 Å². The Morgan fingerprint density at radius 3 is 2.94 bits per heavy atom. The summed E-state index contributed by atoms with van der Waals surface area (Å²) < 4.78 is 0. The van der Waals surface area contributed by atoms with Gasteiger partial charge in [0.25, 0.3) is 0 Å². The minimum atomic E-state index is -0.136. The van der Waals surface area contributed by atoms with Crippen LogP contribution in [-0.4, -0.2) is 40.1 Å². The van der Waals surface area contributed by atoms with Crippen LogP contribution in [0, 0.1) is 0 Å². The monoisotopic (exact) mass is 267 g/mol. The smallest absolute Gasteiger partial charge is 0.235 e. The van der Waals surface area contributed by atoms with Gasteiger partial charge in [0, 0.05) is 19.5 Å². The largest absolute Gasteiger partial charge is 0.348 e. The maximum absolute atomic E-state index is 11.8. The third kappa shape index (κ3) is 2.58. The summed E-state index contributed by atoms with van der Waals surface area (Å²) in [5.74, 6) is 0.0944. The highest BCUT2D eigenvalue weighted by Gasteiger charge is 2.18. The van der Waals surface area contributed by atoms with Crippen molar-refractivity contribution in [3.63, 3.8) is 0 Å². The molecule has 1 atom stereocenters. The van der Waals surface area contributed by atoms with E-state index in [2.05, 4.69) is 9.97 Å². The van der Waals surface area contributed by atoms with Gasteiger partial charge in [-0.25, -0.2) is 9.97 Å². The van der Waals surface area contributed by atoms with E-state index in [9.17, 15) is 4.79 Å². The number of carbonyl (C=O) groups is 1. The van der Waals surface area contributed by atoms with E-state index in [-0.39, 0.29) is 11.2 Å². The number of rotatable bonds is 3. The molecule has 0 aliphatic rings. The molecule has 0 saturated heterocycles. The van der Waals surface area contributed by atoms with Crippen LogP contribution in [0.3, 0.4) is 0 Å². The number of thioether (sulfide) groups is 1. The van der Waals surface area contributed by atoms with E-state index in [4.69, 9.17) is 0 Å². The van der Waals surface area contributed by atoms with Crippen LogP contribution in [0.15, 0.2) is 22.8 Å². The van der Waals surface area contributed by atoms with Gasteiger partial charge >= 0.3 is 0 Å². The molecule has 2 aromatic rings. The first kappa shape index (κ1) is 12.3. The van der Waals surface area contributed by atoms with Gasteiger partial charge in [-0.05, 0) is 18.4 Å². The number of fused-ring (bicyclic) bond motifs is 1. The van der Waals surface area contributed by atoms with Crippen molar-refractivity contribution >= 4 is 39.2 Å². The fraction of sp³-hybridized carbons (Fsp3) is 0.364. The fourth-order valence-corrected chi connectivity index (χ4v) is 3.29. The quantitative estimate of drug-likeness (QED) is 0.632. The first-order chi connectivity index (χ1) is 8.09. The standard InChI is InChI=1S/C11H13N3OS2/c1-7(11(15)14(2)3)17-10-8-4-5-16-9(8)12-6-13-10/h4-7H,1-3H3/t7-/m0/s1. The molecule has 0 bridgehead atoms. The predicted molar refractivity (Wildman–Crippen MR) is 71.4 cm³/mol. The predicted octanol–water partition coefficient (Wildman–Crippen LogP) is 2.26. The Kier molecular flexibility index (Phi) is 3.63. The zero-order valence-corrected chi connectivity index (χ0v) is 11.5. The van der Waals surface area contributed by atoms with Crippen molar-refractivity contribution in [2.75, 3.05) is 14.1 Å². The number of aromatic nitrogens is 2. The second-order valence-electron chi connectivity index (χ2n) is 3.81. The molecule has 2 aromatic heterocycles. The zero-order valence-electron chi connectivity index (χ0n) is 9.88. The summed E-state index contributed by atoms with van der Waals surface area (Å²) in [6.07, 6.45) is 1.55. The van der Waals surface area contributed by atoms with Crippen molar-refractivity contribution in [3.8, 4) is 0 Å². The molecule has 6 heteroatoms. The Morgan fingerprint density at radius 1 is 1.47 bits per heavy atom. The highest BCUT2D eigenvalue weighted by molar-refractivity contribution is 8.00. The third-order valence-electron chi connectivity index (χ3n) is 2.30. The van der Waals surface area contributed by atoms with Crippen molar-refractivity contribution in [1.29, 1.82) is 0 Å². The molecule has 17 heavy (non-hydrogen) atoms. The van der Waals surface area contributed by atoms with Crippen LogP contribution in [0.2, 0.25) is 0 Å². The van der Waals surface area contributed by atoms with Crippen LogP contribution in [0.5, 0.6) is 0 Å². The van der Waals surface area contributed by atoms with E-state index in [0.717, 1.165) is 15.2 Å². The Hall–Kier alpha value is -1.14. The average Bonchev–Trinajstić information content (AvgIpc) is 2.76. The van der Waals surface area contributed by atoms with E-state index in [1.807, 2.05) is 18.4 Å². The average molecular weight is 267 g/mol. The molecule has 90 valence electrons. The summed E-state index contributed by atoms with van der Waals surface area (Å²) in [6, 6.07) is 2.00. The van der Waals surface area contributed by atoms with E-state index < -0.39 is 0 Å². The maximum atomic E-state index is 11.8. The van der Waals surface area contributed by atoms with Gasteiger partial charge in [-0.15, -0.1) is 11.3 Å². The van der Waals surface area contributed by atoms with Gasteiger partial charge in [0.15, 0.2) is 0 Å². The van der Waals surface area contributed by atoms with Crippen LogP contribution >= 0.6 is 23.1 Å². The van der Waals surface area contributed by atoms with Crippen molar-refractivity contribution in [2.24, 2.45) is 0 Å². The SMILES string of the molecule is C[C@H](Sc1ncnc2sccc12)C(=O)N(C)C. The molecule has 2 rings (SSSR count). The molecule has 0 aromatic carbocycles. The molecule has 1 amide bonds. The van der Waals surface area contributed by atoms with Gasteiger partial charge in [0.1, 0.15) is 16.2 Å². The topological polar surface area (TPSA) is 46.1 Å². The second kappa shape index (κ2) is 5.01. The van der Waals surface area contributed by atoms with E-state index >= 15 is 0 Å². The van der Waals surface area contributed by atoms with Gasteiger partial charge < -0.3 is 4.90 Å². The summed E-state index contributed by atoms with van der Waals surface area (Å²) in [5, 5.41) is 3.75. The lowest BCUT2D eigenvalue weighted by molar-refractivity contribution is -0.127. The molecule has 0 unspecified atom stereocenters. The van der Waals surface area contributed by atoms with Gasteiger partial charge in [0.2, 0.25) is 5.91 Å². The normalized spacial score (nSPS) is 12.6. The molecule has 0 N–H and O–H groups in total. The van der Waals surface area contributed by atoms with Gasteiger partial charge in [0.05, 0.1) is 5.25 Å². The number of thiophene rings is 1. The van der Waals surface area contributed by atoms with Crippen LogP contribution in [0.4, 0.5) is 0 Å². The Bertz CT molecular complexity index is 538. The van der Waals surface area contributed by atoms with Crippen molar-refractivity contribution < 1.29 is 4.79 Å². The lowest BCUT2D eigenvalue weighted by Crippen LogP contribution is -2.29. The summed E-state index contributed by atoms with van der Waals surface area (Å²) in [5.41, 5.74) is 0.